The van der Waals surface area contributed by atoms with Crippen LogP contribution in [0.5, 0.6) is 46.0 Å². The van der Waals surface area contributed by atoms with E-state index in [0.717, 1.165) is 22.5 Å². The minimum absolute atomic E-state index is 0.479. The standard InChI is InChI=1S/C29H32N2O8/c1-32-20-9-17(10-21(15-20)33-2)26-27(18-11-22(34-3)28(38-7)23(12-18)35-4)31(16-30-26)19-13-24(36-5)29(39-8)25(14-19)37-6/h9-16H,1-8H3. The van der Waals surface area contributed by atoms with E-state index in [1.165, 1.54) is 0 Å². The summed E-state index contributed by atoms with van der Waals surface area (Å²) in [6.45, 7) is 0. The summed E-state index contributed by atoms with van der Waals surface area (Å²) in [7, 11) is 12.6. The summed E-state index contributed by atoms with van der Waals surface area (Å²) in [5.74, 6) is 4.22. The summed E-state index contributed by atoms with van der Waals surface area (Å²) in [5, 5.41) is 0. The second kappa shape index (κ2) is 11.8. The van der Waals surface area contributed by atoms with E-state index in [-0.39, 0.29) is 0 Å². The van der Waals surface area contributed by atoms with Crippen LogP contribution in [0, 0.1) is 0 Å². The topological polar surface area (TPSA) is 91.7 Å². The van der Waals surface area contributed by atoms with Gasteiger partial charge in [-0.15, -0.1) is 0 Å². The second-order valence-corrected chi connectivity index (χ2v) is 8.21. The lowest BCUT2D eigenvalue weighted by Gasteiger charge is -2.18. The Bertz CT molecular complexity index is 1390. The Morgan fingerprint density at radius 3 is 1.36 bits per heavy atom. The molecule has 0 saturated heterocycles. The molecule has 1 heterocycles. The van der Waals surface area contributed by atoms with Crippen LogP contribution in [0.15, 0.2) is 48.8 Å². The molecule has 10 nitrogen and oxygen atoms in total. The van der Waals surface area contributed by atoms with Crippen LogP contribution in [0.4, 0.5) is 0 Å². The molecule has 4 rings (SSSR count). The Kier molecular flexibility index (Phi) is 8.24. The number of rotatable bonds is 11. The summed E-state index contributed by atoms with van der Waals surface area (Å²) in [4.78, 5) is 4.82. The monoisotopic (exact) mass is 536 g/mol. The quantitative estimate of drug-likeness (QED) is 0.254. The molecule has 0 spiro atoms. The van der Waals surface area contributed by atoms with Gasteiger partial charge in [-0.05, 0) is 24.3 Å². The lowest BCUT2D eigenvalue weighted by Crippen LogP contribution is -2.02. The fourth-order valence-corrected chi connectivity index (χ4v) is 4.40. The Hall–Kier alpha value is -4.73. The van der Waals surface area contributed by atoms with Gasteiger partial charge in [0.25, 0.3) is 0 Å². The third-order valence-corrected chi connectivity index (χ3v) is 6.26. The van der Waals surface area contributed by atoms with Crippen LogP contribution < -0.4 is 37.9 Å². The highest BCUT2D eigenvalue weighted by atomic mass is 16.5. The lowest BCUT2D eigenvalue weighted by molar-refractivity contribution is 0.324. The van der Waals surface area contributed by atoms with Crippen LogP contribution in [-0.2, 0) is 0 Å². The molecule has 0 bridgehead atoms. The third kappa shape index (κ3) is 5.05. The molecular formula is C29H32N2O8. The number of hydrogen-bond donors (Lipinski definition) is 0. The highest BCUT2D eigenvalue weighted by Crippen LogP contribution is 2.46. The van der Waals surface area contributed by atoms with Gasteiger partial charge in [0, 0.05) is 29.3 Å². The largest absolute Gasteiger partial charge is 0.497 e. The molecular weight excluding hydrogens is 504 g/mol. The fraction of sp³-hybridized carbons (Fsp3) is 0.276. The van der Waals surface area contributed by atoms with E-state index >= 15 is 0 Å². The van der Waals surface area contributed by atoms with E-state index in [9.17, 15) is 0 Å². The van der Waals surface area contributed by atoms with Crippen LogP contribution in [0.1, 0.15) is 0 Å². The van der Waals surface area contributed by atoms with Crippen LogP contribution in [0.3, 0.4) is 0 Å². The molecule has 0 N–H and O–H groups in total. The van der Waals surface area contributed by atoms with Gasteiger partial charge >= 0.3 is 0 Å². The summed E-state index contributed by atoms with van der Waals surface area (Å²) in [5.41, 5.74) is 3.66. The minimum Gasteiger partial charge on any atom is -0.497 e. The average molecular weight is 537 g/mol. The molecule has 3 aromatic carbocycles. The van der Waals surface area contributed by atoms with Crippen molar-refractivity contribution < 1.29 is 37.9 Å². The number of nitrogens with zero attached hydrogens (tertiary/aromatic N) is 2. The molecule has 0 atom stereocenters. The molecule has 0 radical (unpaired) electrons. The number of imidazole rings is 1. The molecule has 4 aromatic rings. The van der Waals surface area contributed by atoms with Crippen molar-refractivity contribution in [2.75, 3.05) is 56.9 Å². The smallest absolute Gasteiger partial charge is 0.203 e. The minimum atomic E-state index is 0.479. The van der Waals surface area contributed by atoms with Gasteiger partial charge in [0.1, 0.15) is 17.8 Å². The molecule has 1 aromatic heterocycles. The zero-order valence-electron chi connectivity index (χ0n) is 23.3. The van der Waals surface area contributed by atoms with E-state index in [2.05, 4.69) is 0 Å². The molecule has 39 heavy (non-hydrogen) atoms. The first-order chi connectivity index (χ1) is 19.0. The van der Waals surface area contributed by atoms with E-state index in [1.807, 2.05) is 41.0 Å². The van der Waals surface area contributed by atoms with Crippen molar-refractivity contribution in [2.24, 2.45) is 0 Å². The Labute approximate surface area is 227 Å². The second-order valence-electron chi connectivity index (χ2n) is 8.21. The number of ether oxygens (including phenoxy) is 8. The van der Waals surface area contributed by atoms with E-state index in [1.54, 1.807) is 69.3 Å². The van der Waals surface area contributed by atoms with Gasteiger partial charge in [-0.2, -0.15) is 0 Å². The van der Waals surface area contributed by atoms with Crippen molar-refractivity contribution in [1.29, 1.82) is 0 Å². The molecule has 0 amide bonds. The van der Waals surface area contributed by atoms with Crippen molar-refractivity contribution in [3.8, 4) is 74.2 Å². The van der Waals surface area contributed by atoms with Crippen LogP contribution in [0.25, 0.3) is 28.2 Å². The van der Waals surface area contributed by atoms with Crippen LogP contribution in [-0.4, -0.2) is 66.4 Å². The first-order valence-corrected chi connectivity index (χ1v) is 11.9. The summed E-state index contributed by atoms with van der Waals surface area (Å²) < 4.78 is 46.6. The third-order valence-electron chi connectivity index (χ3n) is 6.26. The maximum Gasteiger partial charge on any atom is 0.203 e. The Morgan fingerprint density at radius 1 is 0.487 bits per heavy atom. The lowest BCUT2D eigenvalue weighted by atomic mass is 10.0. The maximum absolute atomic E-state index is 5.65. The van der Waals surface area contributed by atoms with Gasteiger partial charge in [0.2, 0.25) is 11.5 Å². The summed E-state index contributed by atoms with van der Waals surface area (Å²) in [6.07, 6.45) is 1.72. The van der Waals surface area contributed by atoms with E-state index in [4.69, 9.17) is 42.9 Å². The number of hydrogen-bond acceptors (Lipinski definition) is 9. The van der Waals surface area contributed by atoms with Gasteiger partial charge in [-0.3, -0.25) is 4.57 Å². The zero-order valence-corrected chi connectivity index (χ0v) is 23.3. The molecule has 0 saturated carbocycles. The molecule has 206 valence electrons. The van der Waals surface area contributed by atoms with Gasteiger partial charge < -0.3 is 37.9 Å². The predicted molar refractivity (Wildman–Crippen MR) is 147 cm³/mol. The first kappa shape index (κ1) is 27.3. The van der Waals surface area contributed by atoms with E-state index in [0.29, 0.717) is 51.7 Å². The molecule has 0 fully saturated rings. The van der Waals surface area contributed by atoms with E-state index < -0.39 is 0 Å². The van der Waals surface area contributed by atoms with Crippen molar-refractivity contribution in [1.82, 2.24) is 9.55 Å². The fourth-order valence-electron chi connectivity index (χ4n) is 4.40. The Balaban J connectivity index is 2.08. The van der Waals surface area contributed by atoms with Gasteiger partial charge in [-0.25, -0.2) is 4.98 Å². The highest BCUT2D eigenvalue weighted by molar-refractivity contribution is 5.83. The molecule has 0 aliphatic heterocycles. The summed E-state index contributed by atoms with van der Waals surface area (Å²) in [6, 6.07) is 13.0. The summed E-state index contributed by atoms with van der Waals surface area (Å²) >= 11 is 0. The maximum atomic E-state index is 5.65. The molecule has 0 aliphatic carbocycles. The number of benzene rings is 3. The molecule has 10 heteroatoms. The molecule has 0 unspecified atom stereocenters. The van der Waals surface area contributed by atoms with Crippen LogP contribution in [0.2, 0.25) is 0 Å². The van der Waals surface area contributed by atoms with Crippen molar-refractivity contribution in [3.63, 3.8) is 0 Å². The van der Waals surface area contributed by atoms with Crippen molar-refractivity contribution >= 4 is 0 Å². The normalized spacial score (nSPS) is 10.6. The van der Waals surface area contributed by atoms with Gasteiger partial charge in [0.15, 0.2) is 23.0 Å². The van der Waals surface area contributed by atoms with Gasteiger partial charge in [-0.1, -0.05) is 0 Å². The van der Waals surface area contributed by atoms with Gasteiger partial charge in [0.05, 0.1) is 74.0 Å². The van der Waals surface area contributed by atoms with Crippen LogP contribution >= 0.6 is 0 Å². The van der Waals surface area contributed by atoms with Crippen molar-refractivity contribution in [2.45, 2.75) is 0 Å². The first-order valence-electron chi connectivity index (χ1n) is 11.9. The highest BCUT2D eigenvalue weighted by Gasteiger charge is 2.23. The number of methoxy groups -OCH3 is 8. The number of aromatic nitrogens is 2. The average Bonchev–Trinajstić information content (AvgIpc) is 3.44. The SMILES string of the molecule is COc1cc(OC)cc(-c2ncn(-c3cc(OC)c(OC)c(OC)c3)c2-c2cc(OC)c(OC)c(OC)c2)c1. The Morgan fingerprint density at radius 2 is 0.949 bits per heavy atom. The zero-order chi connectivity index (χ0) is 28.1. The molecule has 0 aliphatic rings. The van der Waals surface area contributed by atoms with Crippen molar-refractivity contribution in [3.05, 3.63) is 48.8 Å². The predicted octanol–water partition coefficient (Wildman–Crippen LogP) is 5.28.